The minimum Gasteiger partial charge on any atom is -0.445 e. The van der Waals surface area contributed by atoms with E-state index in [1.165, 1.54) is 22.3 Å². The molecule has 6 rings (SSSR count). The standard InChI is InChI=1S/C29H29NO3/c31-28(33-19-20-7-2-1-3-8-20)30-24-10-6-11-25(30)18-29(32,17-24)23-13-14-27-22(16-23)15-21-9-4-5-12-26(21)27/h1-5,7-9,12-14,16,24-25,32H,6,10-11,15,17-19H2. The van der Waals surface area contributed by atoms with Gasteiger partial charge in [0.05, 0.1) is 5.60 Å². The number of hydrogen-bond acceptors (Lipinski definition) is 3. The lowest BCUT2D eigenvalue weighted by molar-refractivity contribution is -0.0896. The molecule has 1 N–H and O–H groups in total. The minimum atomic E-state index is -0.907. The molecule has 1 amide bonds. The summed E-state index contributed by atoms with van der Waals surface area (Å²) in [5, 5.41) is 11.8. The zero-order valence-corrected chi connectivity index (χ0v) is 18.7. The smallest absolute Gasteiger partial charge is 0.410 e. The molecule has 3 aromatic carbocycles. The van der Waals surface area contributed by atoms with Crippen molar-refractivity contribution in [2.24, 2.45) is 0 Å². The Hall–Kier alpha value is -3.11. The zero-order chi connectivity index (χ0) is 22.4. The molecule has 2 bridgehead atoms. The first-order valence-corrected chi connectivity index (χ1v) is 12.0. The molecule has 2 aliphatic heterocycles. The fourth-order valence-corrected chi connectivity index (χ4v) is 6.19. The van der Waals surface area contributed by atoms with Gasteiger partial charge in [-0.15, -0.1) is 0 Å². The summed E-state index contributed by atoms with van der Waals surface area (Å²) in [6.45, 7) is 0.283. The Morgan fingerprint density at radius 2 is 1.61 bits per heavy atom. The fraction of sp³-hybridized carbons (Fsp3) is 0.345. The second-order valence-electron chi connectivity index (χ2n) is 9.83. The van der Waals surface area contributed by atoms with Gasteiger partial charge in [-0.05, 0) is 59.1 Å². The van der Waals surface area contributed by atoms with Gasteiger partial charge in [-0.2, -0.15) is 0 Å². The number of nitrogens with zero attached hydrogens (tertiary/aromatic N) is 1. The summed E-state index contributed by atoms with van der Waals surface area (Å²) in [6, 6.07) is 24.8. The van der Waals surface area contributed by atoms with E-state index in [0.717, 1.165) is 36.8 Å². The average Bonchev–Trinajstić information content (AvgIpc) is 3.21. The van der Waals surface area contributed by atoms with Crippen LogP contribution in [0.1, 0.15) is 54.4 Å². The maximum atomic E-state index is 13.0. The van der Waals surface area contributed by atoms with Crippen molar-refractivity contribution in [3.05, 3.63) is 95.1 Å². The van der Waals surface area contributed by atoms with Gasteiger partial charge in [-0.25, -0.2) is 4.79 Å². The van der Waals surface area contributed by atoms with E-state index in [9.17, 15) is 9.90 Å². The van der Waals surface area contributed by atoms with E-state index in [4.69, 9.17) is 4.74 Å². The van der Waals surface area contributed by atoms with Gasteiger partial charge in [0.1, 0.15) is 6.61 Å². The lowest BCUT2D eigenvalue weighted by Gasteiger charge is -2.51. The SMILES string of the molecule is O=C(OCc1ccccc1)N1C2CCCC1CC(O)(c1ccc3c(c1)Cc1ccccc1-3)C2. The van der Waals surface area contributed by atoms with E-state index in [0.29, 0.717) is 12.8 Å². The summed E-state index contributed by atoms with van der Waals surface area (Å²) < 4.78 is 5.68. The monoisotopic (exact) mass is 439 g/mol. The number of carbonyl (C=O) groups excluding carboxylic acids is 1. The molecule has 2 heterocycles. The zero-order valence-electron chi connectivity index (χ0n) is 18.7. The number of aliphatic hydroxyl groups is 1. The number of hydrogen-bond donors (Lipinski definition) is 1. The number of rotatable bonds is 3. The topological polar surface area (TPSA) is 49.8 Å². The average molecular weight is 440 g/mol. The van der Waals surface area contributed by atoms with Gasteiger partial charge < -0.3 is 14.7 Å². The van der Waals surface area contributed by atoms with Crippen LogP contribution in [0.5, 0.6) is 0 Å². The van der Waals surface area contributed by atoms with Crippen LogP contribution in [0.2, 0.25) is 0 Å². The van der Waals surface area contributed by atoms with E-state index in [2.05, 4.69) is 42.5 Å². The van der Waals surface area contributed by atoms with Gasteiger partial charge in [0.15, 0.2) is 0 Å². The number of carbonyl (C=O) groups is 1. The van der Waals surface area contributed by atoms with Gasteiger partial charge in [0, 0.05) is 24.9 Å². The van der Waals surface area contributed by atoms with Crippen molar-refractivity contribution in [3.8, 4) is 11.1 Å². The first kappa shape index (κ1) is 20.5. The maximum Gasteiger partial charge on any atom is 0.410 e. The van der Waals surface area contributed by atoms with E-state index in [1.54, 1.807) is 0 Å². The molecule has 33 heavy (non-hydrogen) atoms. The number of benzene rings is 3. The van der Waals surface area contributed by atoms with Crippen LogP contribution in [0.25, 0.3) is 11.1 Å². The van der Waals surface area contributed by atoms with Crippen molar-refractivity contribution in [3.63, 3.8) is 0 Å². The van der Waals surface area contributed by atoms with Gasteiger partial charge in [-0.1, -0.05) is 72.8 Å². The highest BCUT2D eigenvalue weighted by Crippen LogP contribution is 2.46. The summed E-state index contributed by atoms with van der Waals surface area (Å²) in [7, 11) is 0. The lowest BCUT2D eigenvalue weighted by atomic mass is 9.72. The summed E-state index contributed by atoms with van der Waals surface area (Å²) in [5.41, 5.74) is 6.29. The molecule has 1 aliphatic carbocycles. The van der Waals surface area contributed by atoms with Crippen molar-refractivity contribution < 1.29 is 14.6 Å². The minimum absolute atomic E-state index is 0.0104. The highest BCUT2D eigenvalue weighted by molar-refractivity contribution is 5.77. The molecule has 0 spiro atoms. The Balaban J connectivity index is 1.21. The van der Waals surface area contributed by atoms with Crippen LogP contribution in [0, 0.1) is 0 Å². The molecule has 3 aliphatic rings. The van der Waals surface area contributed by atoms with Gasteiger partial charge >= 0.3 is 6.09 Å². The molecule has 0 radical (unpaired) electrons. The van der Waals surface area contributed by atoms with Crippen molar-refractivity contribution in [2.75, 3.05) is 0 Å². The molecule has 0 aromatic heterocycles. The predicted molar refractivity (Wildman–Crippen MR) is 128 cm³/mol. The van der Waals surface area contributed by atoms with Crippen LogP contribution in [0.4, 0.5) is 4.79 Å². The Bertz CT molecular complexity index is 1170. The summed E-state index contributed by atoms with van der Waals surface area (Å²) in [4.78, 5) is 15.0. The number of amides is 1. The van der Waals surface area contributed by atoms with Gasteiger partial charge in [0.2, 0.25) is 0 Å². The third-order valence-corrected chi connectivity index (χ3v) is 7.76. The fourth-order valence-electron chi connectivity index (χ4n) is 6.19. The largest absolute Gasteiger partial charge is 0.445 e. The van der Waals surface area contributed by atoms with Crippen LogP contribution >= 0.6 is 0 Å². The summed E-state index contributed by atoms with van der Waals surface area (Å²) in [5.74, 6) is 0. The van der Waals surface area contributed by atoms with Crippen LogP contribution in [0.3, 0.4) is 0 Å². The molecule has 4 heteroatoms. The van der Waals surface area contributed by atoms with Crippen LogP contribution < -0.4 is 0 Å². The van der Waals surface area contributed by atoms with E-state index < -0.39 is 5.60 Å². The van der Waals surface area contributed by atoms with Crippen molar-refractivity contribution in [1.82, 2.24) is 4.90 Å². The van der Waals surface area contributed by atoms with E-state index >= 15 is 0 Å². The second kappa shape index (κ2) is 8.03. The molecule has 2 atom stereocenters. The Morgan fingerprint density at radius 1 is 0.909 bits per heavy atom. The van der Waals surface area contributed by atoms with Crippen LogP contribution in [0.15, 0.2) is 72.8 Å². The quantitative estimate of drug-likeness (QED) is 0.439. The molecule has 2 saturated heterocycles. The van der Waals surface area contributed by atoms with E-state index in [-0.39, 0.29) is 24.8 Å². The first-order chi connectivity index (χ1) is 16.1. The van der Waals surface area contributed by atoms with Crippen molar-refractivity contribution >= 4 is 6.09 Å². The van der Waals surface area contributed by atoms with Crippen molar-refractivity contribution in [1.29, 1.82) is 0 Å². The number of ether oxygens (including phenoxy) is 1. The van der Waals surface area contributed by atoms with Crippen LogP contribution in [-0.4, -0.2) is 28.2 Å². The van der Waals surface area contributed by atoms with Crippen molar-refractivity contribution in [2.45, 2.75) is 62.8 Å². The summed E-state index contributed by atoms with van der Waals surface area (Å²) in [6.07, 6.45) is 4.71. The Kier molecular flexibility index (Phi) is 4.99. The highest BCUT2D eigenvalue weighted by atomic mass is 16.6. The predicted octanol–water partition coefficient (Wildman–Crippen LogP) is 5.80. The van der Waals surface area contributed by atoms with E-state index in [1.807, 2.05) is 35.2 Å². The molecular formula is C29H29NO3. The third kappa shape index (κ3) is 3.63. The molecule has 2 fully saturated rings. The molecule has 2 unspecified atom stereocenters. The highest BCUT2D eigenvalue weighted by Gasteiger charge is 2.48. The lowest BCUT2D eigenvalue weighted by Crippen LogP contribution is -2.58. The van der Waals surface area contributed by atoms with Crippen LogP contribution in [-0.2, 0) is 23.4 Å². The maximum absolute atomic E-state index is 13.0. The van der Waals surface area contributed by atoms with Gasteiger partial charge in [-0.3, -0.25) is 0 Å². The number of piperidine rings is 2. The Morgan fingerprint density at radius 3 is 2.39 bits per heavy atom. The van der Waals surface area contributed by atoms with Gasteiger partial charge in [0.25, 0.3) is 0 Å². The first-order valence-electron chi connectivity index (χ1n) is 12.0. The molecule has 168 valence electrons. The third-order valence-electron chi connectivity index (χ3n) is 7.76. The normalized spacial score (nSPS) is 25.3. The molecule has 3 aromatic rings. The summed E-state index contributed by atoms with van der Waals surface area (Å²) >= 11 is 0. The molecule has 0 saturated carbocycles. The second-order valence-corrected chi connectivity index (χ2v) is 9.83. The molecule has 4 nitrogen and oxygen atoms in total. The molecular weight excluding hydrogens is 410 g/mol. The Labute approximate surface area is 194 Å². The number of fused-ring (bicyclic) bond motifs is 5.